The summed E-state index contributed by atoms with van der Waals surface area (Å²) < 4.78 is 1.92. The second-order valence-electron chi connectivity index (χ2n) is 4.75. The number of para-hydroxylation sites is 1. The summed E-state index contributed by atoms with van der Waals surface area (Å²) in [7, 11) is 0. The van der Waals surface area contributed by atoms with Crippen LogP contribution in [0, 0.1) is 0 Å². The molecule has 2 aromatic carbocycles. The average molecular weight is 302 g/mol. The van der Waals surface area contributed by atoms with Gasteiger partial charge >= 0.3 is 0 Å². The Bertz CT molecular complexity index is 753. The third kappa shape index (κ3) is 3.23. The molecule has 2 N–H and O–H groups in total. The summed E-state index contributed by atoms with van der Waals surface area (Å²) in [6, 6.07) is 18.0. The average Bonchev–Trinajstić information content (AvgIpc) is 2.78. The third-order valence-electron chi connectivity index (χ3n) is 3.25. The Morgan fingerprint density at radius 1 is 1.05 bits per heavy atom. The van der Waals surface area contributed by atoms with Crippen LogP contribution in [0.4, 0.5) is 0 Å². The molecule has 0 unspecified atom stereocenters. The van der Waals surface area contributed by atoms with Gasteiger partial charge in [0.2, 0.25) is 5.91 Å². The number of aromatic nitrogens is 2. The van der Waals surface area contributed by atoms with E-state index in [1.54, 1.807) is 0 Å². The van der Waals surface area contributed by atoms with Crippen molar-refractivity contribution in [1.82, 2.24) is 9.78 Å². The van der Waals surface area contributed by atoms with Gasteiger partial charge in [0, 0.05) is 5.39 Å². The molecular weight excluding hydrogens is 286 g/mol. The molecule has 0 aliphatic carbocycles. The van der Waals surface area contributed by atoms with Gasteiger partial charge in [-0.05, 0) is 11.6 Å². The molecule has 0 saturated carbocycles. The molecule has 0 fully saturated rings. The number of halogens is 1. The summed E-state index contributed by atoms with van der Waals surface area (Å²) >= 11 is 0. The highest BCUT2D eigenvalue weighted by atomic mass is 35.5. The fourth-order valence-corrected chi connectivity index (χ4v) is 2.37. The summed E-state index contributed by atoms with van der Waals surface area (Å²) in [5.74, 6) is -0.361. The van der Waals surface area contributed by atoms with E-state index in [1.165, 1.54) is 5.56 Å². The van der Waals surface area contributed by atoms with Crippen molar-refractivity contribution in [2.75, 3.05) is 0 Å². The van der Waals surface area contributed by atoms with Crippen molar-refractivity contribution < 1.29 is 4.79 Å². The molecule has 0 aliphatic heterocycles. The number of hydrogen-bond acceptors (Lipinski definition) is 2. The second-order valence-corrected chi connectivity index (χ2v) is 4.75. The number of fused-ring (bicyclic) bond motifs is 1. The zero-order chi connectivity index (χ0) is 13.9. The van der Waals surface area contributed by atoms with Crippen LogP contribution in [0.15, 0.2) is 54.6 Å². The van der Waals surface area contributed by atoms with Crippen molar-refractivity contribution in [3.8, 4) is 0 Å². The zero-order valence-electron chi connectivity index (χ0n) is 11.4. The van der Waals surface area contributed by atoms with Crippen molar-refractivity contribution >= 4 is 29.2 Å². The molecule has 1 heterocycles. The van der Waals surface area contributed by atoms with Gasteiger partial charge in [0.1, 0.15) is 0 Å². The van der Waals surface area contributed by atoms with Crippen LogP contribution in [0.2, 0.25) is 0 Å². The van der Waals surface area contributed by atoms with Crippen molar-refractivity contribution in [2.45, 2.75) is 13.0 Å². The van der Waals surface area contributed by atoms with E-state index in [1.807, 2.05) is 47.1 Å². The molecule has 0 radical (unpaired) electrons. The van der Waals surface area contributed by atoms with Crippen LogP contribution in [-0.4, -0.2) is 15.7 Å². The lowest BCUT2D eigenvalue weighted by molar-refractivity contribution is -0.117. The number of nitrogens with two attached hydrogens (primary N) is 1. The monoisotopic (exact) mass is 301 g/mol. The number of primary amides is 1. The van der Waals surface area contributed by atoms with Crippen LogP contribution < -0.4 is 5.73 Å². The van der Waals surface area contributed by atoms with E-state index in [9.17, 15) is 4.79 Å². The molecule has 4 nitrogen and oxygen atoms in total. The van der Waals surface area contributed by atoms with Crippen LogP contribution in [0.5, 0.6) is 0 Å². The fraction of sp³-hybridized carbons (Fsp3) is 0.125. The molecule has 0 saturated heterocycles. The summed E-state index contributed by atoms with van der Waals surface area (Å²) in [6.45, 7) is 0.681. The summed E-state index contributed by atoms with van der Waals surface area (Å²) in [4.78, 5) is 11.2. The quantitative estimate of drug-likeness (QED) is 0.805. The van der Waals surface area contributed by atoms with Gasteiger partial charge in [0.15, 0.2) is 0 Å². The molecule has 0 spiro atoms. The maximum Gasteiger partial charge on any atom is 0.223 e. The van der Waals surface area contributed by atoms with E-state index in [-0.39, 0.29) is 24.7 Å². The van der Waals surface area contributed by atoms with E-state index in [2.05, 4.69) is 17.2 Å². The fourth-order valence-electron chi connectivity index (χ4n) is 2.37. The molecule has 3 aromatic rings. The van der Waals surface area contributed by atoms with Gasteiger partial charge in [-0.1, -0.05) is 48.5 Å². The van der Waals surface area contributed by atoms with Crippen LogP contribution >= 0.6 is 12.4 Å². The Kier molecular flexibility index (Phi) is 4.60. The van der Waals surface area contributed by atoms with E-state index < -0.39 is 0 Å². The van der Waals surface area contributed by atoms with Gasteiger partial charge in [-0.15, -0.1) is 12.4 Å². The highest BCUT2D eigenvalue weighted by molar-refractivity contribution is 5.87. The predicted molar refractivity (Wildman–Crippen MR) is 85.4 cm³/mol. The molecule has 21 heavy (non-hydrogen) atoms. The lowest BCUT2D eigenvalue weighted by Crippen LogP contribution is -2.14. The smallest absolute Gasteiger partial charge is 0.223 e. The lowest BCUT2D eigenvalue weighted by atomic mass is 10.1. The Hall–Kier alpha value is -2.33. The highest BCUT2D eigenvalue weighted by Crippen LogP contribution is 2.19. The molecule has 1 amide bonds. The zero-order valence-corrected chi connectivity index (χ0v) is 12.2. The van der Waals surface area contributed by atoms with E-state index in [0.717, 1.165) is 16.6 Å². The molecule has 108 valence electrons. The number of carbonyl (C=O) groups is 1. The van der Waals surface area contributed by atoms with Gasteiger partial charge in [0.25, 0.3) is 0 Å². The molecule has 0 bridgehead atoms. The van der Waals surface area contributed by atoms with Crippen LogP contribution in [0.3, 0.4) is 0 Å². The number of carbonyl (C=O) groups excluding carboxylic acids is 1. The van der Waals surface area contributed by atoms with Crippen molar-refractivity contribution in [3.05, 3.63) is 65.9 Å². The number of hydrogen-bond donors (Lipinski definition) is 1. The van der Waals surface area contributed by atoms with Crippen LogP contribution in [0.1, 0.15) is 11.3 Å². The van der Waals surface area contributed by atoms with Crippen molar-refractivity contribution in [2.24, 2.45) is 5.73 Å². The van der Waals surface area contributed by atoms with Crippen LogP contribution in [-0.2, 0) is 17.8 Å². The third-order valence-corrected chi connectivity index (χ3v) is 3.25. The molecule has 3 rings (SSSR count). The van der Waals surface area contributed by atoms with Crippen molar-refractivity contribution in [3.63, 3.8) is 0 Å². The normalized spacial score (nSPS) is 10.3. The lowest BCUT2D eigenvalue weighted by Gasteiger charge is -2.03. The maximum atomic E-state index is 11.2. The maximum absolute atomic E-state index is 11.2. The highest BCUT2D eigenvalue weighted by Gasteiger charge is 2.12. The molecule has 5 heteroatoms. The Morgan fingerprint density at radius 3 is 2.43 bits per heavy atom. The number of benzene rings is 2. The molecular formula is C16H16ClN3O. The second kappa shape index (κ2) is 6.41. The molecule has 0 atom stereocenters. The summed E-state index contributed by atoms with van der Waals surface area (Å²) in [5.41, 5.74) is 8.22. The minimum absolute atomic E-state index is 0. The minimum atomic E-state index is -0.361. The predicted octanol–water partition coefficient (Wildman–Crippen LogP) is 2.53. The van der Waals surface area contributed by atoms with E-state index >= 15 is 0 Å². The largest absolute Gasteiger partial charge is 0.369 e. The Labute approximate surface area is 129 Å². The minimum Gasteiger partial charge on any atom is -0.369 e. The van der Waals surface area contributed by atoms with Crippen molar-refractivity contribution in [1.29, 1.82) is 0 Å². The first kappa shape index (κ1) is 15.1. The topological polar surface area (TPSA) is 60.9 Å². The first-order chi connectivity index (χ1) is 9.74. The van der Waals surface area contributed by atoms with Gasteiger partial charge in [-0.3, -0.25) is 9.48 Å². The first-order valence-corrected chi connectivity index (χ1v) is 6.50. The number of rotatable bonds is 4. The standard InChI is InChI=1S/C16H15N3O.ClH/c17-16(20)10-14-13-8-4-5-9-15(13)19(18-14)11-12-6-2-1-3-7-12;/h1-9H,10-11H2,(H2,17,20);1H. The van der Waals surface area contributed by atoms with Gasteiger partial charge < -0.3 is 5.73 Å². The Morgan fingerprint density at radius 2 is 1.71 bits per heavy atom. The SMILES string of the molecule is Cl.NC(=O)Cc1nn(Cc2ccccc2)c2ccccc12. The van der Waals surface area contributed by atoms with Crippen LogP contribution in [0.25, 0.3) is 10.9 Å². The van der Waals surface area contributed by atoms with Gasteiger partial charge in [-0.25, -0.2) is 0 Å². The number of nitrogens with zero attached hydrogens (tertiary/aromatic N) is 2. The van der Waals surface area contributed by atoms with E-state index in [0.29, 0.717) is 6.54 Å². The Balaban J connectivity index is 0.00000161. The summed E-state index contributed by atoms with van der Waals surface area (Å²) in [5, 5.41) is 5.53. The molecule has 1 aromatic heterocycles. The number of amides is 1. The first-order valence-electron chi connectivity index (χ1n) is 6.50. The summed E-state index contributed by atoms with van der Waals surface area (Å²) in [6.07, 6.45) is 0.169. The van der Waals surface area contributed by atoms with E-state index in [4.69, 9.17) is 5.73 Å². The van der Waals surface area contributed by atoms with Gasteiger partial charge in [0.05, 0.1) is 24.2 Å². The van der Waals surface area contributed by atoms with Gasteiger partial charge in [-0.2, -0.15) is 5.10 Å². The molecule has 0 aliphatic rings.